The Balaban J connectivity index is 2.32. The molecule has 0 aliphatic heterocycles. The van der Waals surface area contributed by atoms with E-state index in [9.17, 15) is 9.59 Å². The number of carbonyl (C=O) groups excluding carboxylic acids is 1. The number of carbonyl (C=O) groups is 2. The van der Waals surface area contributed by atoms with Crippen molar-refractivity contribution in [2.75, 3.05) is 20.1 Å². The molecule has 0 fully saturated rings. The summed E-state index contributed by atoms with van der Waals surface area (Å²) < 4.78 is 5.18. The first-order valence-corrected chi connectivity index (χ1v) is 6.36. The number of nitrogens with zero attached hydrogens (tertiary/aromatic N) is 1. The lowest BCUT2D eigenvalue weighted by Crippen LogP contribution is -2.42. The van der Waals surface area contributed by atoms with Gasteiger partial charge in [-0.1, -0.05) is 30.3 Å². The molecule has 1 amide bonds. The second-order valence-electron chi connectivity index (χ2n) is 4.52. The molecule has 0 bridgehead atoms. The molecule has 6 nitrogen and oxygen atoms in total. The number of hydrogen-bond acceptors (Lipinski definition) is 4. The largest absolute Gasteiger partial charge is 0.480 e. The van der Waals surface area contributed by atoms with Gasteiger partial charge in [0.05, 0.1) is 6.54 Å². The summed E-state index contributed by atoms with van der Waals surface area (Å²) in [6.07, 6.45) is -0.432. The van der Waals surface area contributed by atoms with E-state index in [4.69, 9.17) is 9.84 Å². The minimum Gasteiger partial charge on any atom is -0.480 e. The van der Waals surface area contributed by atoms with Crippen LogP contribution < -0.4 is 5.32 Å². The zero-order chi connectivity index (χ0) is 15.0. The Bertz CT molecular complexity index is 436. The maximum absolute atomic E-state index is 11.8. The van der Waals surface area contributed by atoms with E-state index in [-0.39, 0.29) is 19.2 Å². The monoisotopic (exact) mass is 280 g/mol. The number of nitrogens with one attached hydrogen (secondary N) is 1. The quantitative estimate of drug-likeness (QED) is 0.787. The highest BCUT2D eigenvalue weighted by Crippen LogP contribution is 2.04. The van der Waals surface area contributed by atoms with Gasteiger partial charge in [-0.05, 0) is 12.5 Å². The van der Waals surface area contributed by atoms with E-state index in [0.29, 0.717) is 6.54 Å². The zero-order valence-electron chi connectivity index (χ0n) is 11.7. The molecule has 0 aliphatic rings. The van der Waals surface area contributed by atoms with Crippen molar-refractivity contribution in [1.82, 2.24) is 10.2 Å². The maximum Gasteiger partial charge on any atom is 0.410 e. The van der Waals surface area contributed by atoms with Crippen LogP contribution in [0.3, 0.4) is 0 Å². The molecule has 20 heavy (non-hydrogen) atoms. The Morgan fingerprint density at radius 2 is 2.00 bits per heavy atom. The van der Waals surface area contributed by atoms with Crippen LogP contribution in [-0.4, -0.2) is 48.2 Å². The number of rotatable bonds is 7. The molecule has 1 aromatic carbocycles. The van der Waals surface area contributed by atoms with Gasteiger partial charge in [0.25, 0.3) is 0 Å². The molecule has 6 heteroatoms. The average molecular weight is 280 g/mol. The number of amides is 1. The number of likely N-dealkylation sites (N-methyl/N-ethyl adjacent to an activating group) is 1. The van der Waals surface area contributed by atoms with Crippen molar-refractivity contribution in [3.8, 4) is 0 Å². The first-order valence-electron chi connectivity index (χ1n) is 6.36. The Kier molecular flexibility index (Phi) is 6.52. The molecule has 0 unspecified atom stereocenters. The van der Waals surface area contributed by atoms with Gasteiger partial charge >= 0.3 is 12.1 Å². The van der Waals surface area contributed by atoms with Crippen molar-refractivity contribution in [3.05, 3.63) is 35.9 Å². The zero-order valence-corrected chi connectivity index (χ0v) is 11.7. The fraction of sp³-hybridized carbons (Fsp3) is 0.429. The molecular formula is C14H20N2O4. The fourth-order valence-electron chi connectivity index (χ4n) is 1.53. The van der Waals surface area contributed by atoms with Crippen LogP contribution in [0.2, 0.25) is 0 Å². The lowest BCUT2D eigenvalue weighted by molar-refractivity contribution is -0.135. The standard InChI is InChI=1S/C14H20N2O4/c1-11(8-15-9-13(17)18)16(2)14(19)20-10-12-6-4-3-5-7-12/h3-7,11,15H,8-10H2,1-2H3,(H,17,18)/t11-/m0/s1. The van der Waals surface area contributed by atoms with E-state index in [2.05, 4.69) is 5.32 Å². The minimum atomic E-state index is -0.925. The van der Waals surface area contributed by atoms with E-state index >= 15 is 0 Å². The van der Waals surface area contributed by atoms with E-state index in [1.165, 1.54) is 4.90 Å². The molecule has 0 radical (unpaired) electrons. The second-order valence-corrected chi connectivity index (χ2v) is 4.52. The summed E-state index contributed by atoms with van der Waals surface area (Å²) in [5, 5.41) is 11.3. The molecule has 0 aromatic heterocycles. The number of aliphatic carboxylic acids is 1. The van der Waals surface area contributed by atoms with E-state index in [0.717, 1.165) is 5.56 Å². The number of ether oxygens (including phenoxy) is 1. The van der Waals surface area contributed by atoms with Crippen molar-refractivity contribution < 1.29 is 19.4 Å². The Hall–Kier alpha value is -2.08. The van der Waals surface area contributed by atoms with Crippen LogP contribution in [0.1, 0.15) is 12.5 Å². The van der Waals surface area contributed by atoms with Crippen molar-refractivity contribution in [1.29, 1.82) is 0 Å². The molecule has 110 valence electrons. The molecular weight excluding hydrogens is 260 g/mol. The topological polar surface area (TPSA) is 78.9 Å². The lowest BCUT2D eigenvalue weighted by Gasteiger charge is -2.24. The third-order valence-corrected chi connectivity index (χ3v) is 2.87. The third kappa shape index (κ3) is 5.71. The molecule has 0 saturated carbocycles. The number of hydrogen-bond donors (Lipinski definition) is 2. The molecule has 2 N–H and O–H groups in total. The summed E-state index contributed by atoms with van der Waals surface area (Å²) in [5.41, 5.74) is 0.922. The molecule has 1 aromatic rings. The summed E-state index contributed by atoms with van der Waals surface area (Å²) >= 11 is 0. The van der Waals surface area contributed by atoms with Gasteiger partial charge in [-0.25, -0.2) is 4.79 Å². The summed E-state index contributed by atoms with van der Waals surface area (Å²) in [7, 11) is 1.63. The predicted octanol–water partition coefficient (Wildman–Crippen LogP) is 1.32. The minimum absolute atomic E-state index is 0.128. The first-order chi connectivity index (χ1) is 9.50. The number of carboxylic acid groups (broad SMARTS) is 1. The van der Waals surface area contributed by atoms with Crippen LogP contribution in [0.25, 0.3) is 0 Å². The Morgan fingerprint density at radius 1 is 1.35 bits per heavy atom. The molecule has 1 rings (SSSR count). The van der Waals surface area contributed by atoms with E-state index in [1.807, 2.05) is 37.3 Å². The summed E-state index contributed by atoms with van der Waals surface area (Å²) in [5.74, 6) is -0.925. The van der Waals surface area contributed by atoms with Crippen molar-refractivity contribution >= 4 is 12.1 Å². The van der Waals surface area contributed by atoms with Crippen molar-refractivity contribution in [3.63, 3.8) is 0 Å². The van der Waals surface area contributed by atoms with Crippen LogP contribution in [0.15, 0.2) is 30.3 Å². The molecule has 0 saturated heterocycles. The van der Waals surface area contributed by atoms with Gasteiger partial charge < -0.3 is 20.1 Å². The van der Waals surface area contributed by atoms with Crippen LogP contribution >= 0.6 is 0 Å². The van der Waals surface area contributed by atoms with E-state index in [1.54, 1.807) is 7.05 Å². The van der Waals surface area contributed by atoms with Gasteiger partial charge in [-0.15, -0.1) is 0 Å². The average Bonchev–Trinajstić information content (AvgIpc) is 2.44. The van der Waals surface area contributed by atoms with Crippen LogP contribution in [0.5, 0.6) is 0 Å². The first kappa shape index (κ1) is 16.0. The fourth-order valence-corrected chi connectivity index (χ4v) is 1.53. The van der Waals surface area contributed by atoms with Crippen LogP contribution in [-0.2, 0) is 16.1 Å². The normalized spacial score (nSPS) is 11.7. The third-order valence-electron chi connectivity index (χ3n) is 2.87. The molecule has 1 atom stereocenters. The van der Waals surface area contributed by atoms with Gasteiger partial charge in [-0.3, -0.25) is 4.79 Å². The highest BCUT2D eigenvalue weighted by Gasteiger charge is 2.16. The SMILES string of the molecule is C[C@@H](CNCC(=O)O)N(C)C(=O)OCc1ccccc1. The summed E-state index contributed by atoms with van der Waals surface area (Å²) in [6.45, 7) is 2.30. The summed E-state index contributed by atoms with van der Waals surface area (Å²) in [4.78, 5) is 23.6. The molecule has 0 aliphatic carbocycles. The summed E-state index contributed by atoms with van der Waals surface area (Å²) in [6, 6.07) is 9.26. The highest BCUT2D eigenvalue weighted by atomic mass is 16.6. The van der Waals surface area contributed by atoms with Gasteiger partial charge in [-0.2, -0.15) is 0 Å². The Labute approximate surface area is 118 Å². The lowest BCUT2D eigenvalue weighted by atomic mass is 10.2. The number of benzene rings is 1. The molecule has 0 spiro atoms. The van der Waals surface area contributed by atoms with Crippen molar-refractivity contribution in [2.45, 2.75) is 19.6 Å². The van der Waals surface area contributed by atoms with Crippen LogP contribution in [0.4, 0.5) is 4.79 Å². The van der Waals surface area contributed by atoms with Crippen LogP contribution in [0, 0.1) is 0 Å². The molecule has 0 heterocycles. The Morgan fingerprint density at radius 3 is 2.60 bits per heavy atom. The predicted molar refractivity (Wildman–Crippen MR) is 74.4 cm³/mol. The smallest absolute Gasteiger partial charge is 0.410 e. The van der Waals surface area contributed by atoms with Gasteiger partial charge in [0.2, 0.25) is 0 Å². The van der Waals surface area contributed by atoms with E-state index < -0.39 is 12.1 Å². The second kappa shape index (κ2) is 8.16. The highest BCUT2D eigenvalue weighted by molar-refractivity contribution is 5.69. The number of carboxylic acids is 1. The van der Waals surface area contributed by atoms with Gasteiger partial charge in [0, 0.05) is 19.6 Å². The maximum atomic E-state index is 11.8. The van der Waals surface area contributed by atoms with Crippen molar-refractivity contribution in [2.24, 2.45) is 0 Å². The van der Waals surface area contributed by atoms with Gasteiger partial charge in [0.15, 0.2) is 0 Å². The van der Waals surface area contributed by atoms with Gasteiger partial charge in [0.1, 0.15) is 6.61 Å².